The van der Waals surface area contributed by atoms with Gasteiger partial charge in [-0.2, -0.15) is 0 Å². The molecule has 0 spiro atoms. The van der Waals surface area contributed by atoms with Gasteiger partial charge in [0.05, 0.1) is 22.6 Å². The topological polar surface area (TPSA) is 91.8 Å². The largest absolute Gasteiger partial charge is 0.478 e. The number of hydrogen-bond donors (Lipinski definition) is 1. The van der Waals surface area contributed by atoms with Crippen molar-refractivity contribution in [2.75, 3.05) is 18.6 Å². The summed E-state index contributed by atoms with van der Waals surface area (Å²) >= 11 is 0. The van der Waals surface area contributed by atoms with Gasteiger partial charge in [0, 0.05) is 13.1 Å². The van der Waals surface area contributed by atoms with E-state index >= 15 is 0 Å². The van der Waals surface area contributed by atoms with E-state index < -0.39 is 27.5 Å². The van der Waals surface area contributed by atoms with E-state index in [9.17, 15) is 22.4 Å². The minimum atomic E-state index is -3.04. The molecule has 120 valence electrons. The van der Waals surface area contributed by atoms with Gasteiger partial charge >= 0.3 is 5.97 Å². The second-order valence-corrected chi connectivity index (χ2v) is 7.60. The van der Waals surface area contributed by atoms with E-state index in [4.69, 9.17) is 5.11 Å². The maximum atomic E-state index is 13.9. The van der Waals surface area contributed by atoms with Gasteiger partial charge in [-0.1, -0.05) is 0 Å². The number of carbonyl (C=O) groups excluding carboxylic acids is 1. The average Bonchev–Trinajstić information content (AvgIpc) is 2.45. The molecule has 2 rings (SSSR count). The van der Waals surface area contributed by atoms with Crippen LogP contribution in [-0.2, 0) is 9.84 Å². The van der Waals surface area contributed by atoms with Crippen molar-refractivity contribution in [1.29, 1.82) is 0 Å². The zero-order chi connectivity index (χ0) is 16.5. The van der Waals surface area contributed by atoms with Crippen LogP contribution in [-0.4, -0.2) is 54.9 Å². The quantitative estimate of drug-likeness (QED) is 0.899. The van der Waals surface area contributed by atoms with Crippen molar-refractivity contribution in [2.24, 2.45) is 0 Å². The summed E-state index contributed by atoms with van der Waals surface area (Å²) in [6, 6.07) is 2.83. The third-order valence-electron chi connectivity index (χ3n) is 3.84. The highest BCUT2D eigenvalue weighted by atomic mass is 32.2. The Kier molecular flexibility index (Phi) is 4.50. The summed E-state index contributed by atoms with van der Waals surface area (Å²) in [6.45, 7) is 0. The highest BCUT2D eigenvalue weighted by Gasteiger charge is 2.30. The monoisotopic (exact) mass is 329 g/mol. The Hall–Kier alpha value is -1.96. The fourth-order valence-electron chi connectivity index (χ4n) is 2.44. The number of carboxylic acid groups (broad SMARTS) is 1. The first-order valence-corrected chi connectivity index (χ1v) is 8.54. The van der Waals surface area contributed by atoms with Gasteiger partial charge in [-0.05, 0) is 31.0 Å². The predicted octanol–water partition coefficient (Wildman–Crippen LogP) is 1.17. The summed E-state index contributed by atoms with van der Waals surface area (Å²) in [5.41, 5.74) is -0.457. The summed E-state index contributed by atoms with van der Waals surface area (Å²) in [4.78, 5) is 24.4. The molecule has 0 aromatic heterocycles. The van der Waals surface area contributed by atoms with E-state index in [-0.39, 0.29) is 28.7 Å². The van der Waals surface area contributed by atoms with Crippen LogP contribution < -0.4 is 0 Å². The Balaban J connectivity index is 2.16. The lowest BCUT2D eigenvalue weighted by molar-refractivity contribution is 0.0688. The van der Waals surface area contributed by atoms with Crippen molar-refractivity contribution in [1.82, 2.24) is 4.90 Å². The lowest BCUT2D eigenvalue weighted by Gasteiger charge is -2.31. The minimum absolute atomic E-state index is 0.00964. The number of aromatic carboxylic acids is 1. The van der Waals surface area contributed by atoms with Crippen LogP contribution in [0.4, 0.5) is 4.39 Å². The van der Waals surface area contributed by atoms with Crippen LogP contribution in [0.25, 0.3) is 0 Å². The molecular formula is C14H16FNO5S. The van der Waals surface area contributed by atoms with Crippen molar-refractivity contribution in [3.8, 4) is 0 Å². The Morgan fingerprint density at radius 3 is 2.36 bits per heavy atom. The standard InChI is InChI=1S/C14H16FNO5S/c1-16(10-4-6-22(20,21)7-5-10)13(17)11-3-2-9(14(18)19)8-12(11)15/h2-3,8,10H,4-7H2,1H3,(H,18,19). The smallest absolute Gasteiger partial charge is 0.335 e. The molecular weight excluding hydrogens is 313 g/mol. The number of hydrogen-bond acceptors (Lipinski definition) is 4. The van der Waals surface area contributed by atoms with Crippen LogP contribution in [0.1, 0.15) is 33.6 Å². The molecule has 0 bridgehead atoms. The summed E-state index contributed by atoms with van der Waals surface area (Å²) in [7, 11) is -1.54. The van der Waals surface area contributed by atoms with Crippen molar-refractivity contribution in [3.05, 3.63) is 35.1 Å². The second kappa shape index (κ2) is 6.04. The minimum Gasteiger partial charge on any atom is -0.478 e. The first kappa shape index (κ1) is 16.4. The lowest BCUT2D eigenvalue weighted by atomic mass is 10.1. The first-order chi connectivity index (χ1) is 10.2. The van der Waals surface area contributed by atoms with E-state index in [1.54, 1.807) is 0 Å². The molecule has 0 aliphatic carbocycles. The molecule has 1 N–H and O–H groups in total. The van der Waals surface area contributed by atoms with Crippen LogP contribution in [0.2, 0.25) is 0 Å². The first-order valence-electron chi connectivity index (χ1n) is 6.72. The van der Waals surface area contributed by atoms with E-state index in [1.807, 2.05) is 0 Å². The second-order valence-electron chi connectivity index (χ2n) is 5.30. The Morgan fingerprint density at radius 1 is 1.27 bits per heavy atom. The third-order valence-corrected chi connectivity index (χ3v) is 5.55. The molecule has 1 aromatic carbocycles. The maximum Gasteiger partial charge on any atom is 0.335 e. The van der Waals surface area contributed by atoms with Crippen LogP contribution in [0.5, 0.6) is 0 Å². The lowest BCUT2D eigenvalue weighted by Crippen LogP contribution is -2.42. The SMILES string of the molecule is CN(C(=O)c1ccc(C(=O)O)cc1F)C1CCS(=O)(=O)CC1. The fraction of sp³-hybridized carbons (Fsp3) is 0.429. The summed E-state index contributed by atoms with van der Waals surface area (Å²) in [5, 5.41) is 8.78. The van der Waals surface area contributed by atoms with Gasteiger partial charge in [-0.3, -0.25) is 4.79 Å². The molecule has 6 nitrogen and oxygen atoms in total. The number of carboxylic acids is 1. The van der Waals surface area contributed by atoms with Crippen molar-refractivity contribution >= 4 is 21.7 Å². The van der Waals surface area contributed by atoms with Crippen LogP contribution in [0.3, 0.4) is 0 Å². The fourth-order valence-corrected chi connectivity index (χ4v) is 3.91. The Bertz CT molecular complexity index is 702. The Morgan fingerprint density at radius 2 is 1.86 bits per heavy atom. The van der Waals surface area contributed by atoms with E-state index in [0.717, 1.165) is 18.2 Å². The van der Waals surface area contributed by atoms with E-state index in [1.165, 1.54) is 11.9 Å². The zero-order valence-electron chi connectivity index (χ0n) is 12.0. The van der Waals surface area contributed by atoms with Crippen LogP contribution in [0, 0.1) is 5.82 Å². The van der Waals surface area contributed by atoms with Crippen molar-refractivity contribution < 1.29 is 27.5 Å². The van der Waals surface area contributed by atoms with Gasteiger partial charge in [0.15, 0.2) is 0 Å². The molecule has 1 aromatic rings. The molecule has 1 aliphatic heterocycles. The van der Waals surface area contributed by atoms with Crippen molar-refractivity contribution in [2.45, 2.75) is 18.9 Å². The number of carbonyl (C=O) groups is 2. The molecule has 22 heavy (non-hydrogen) atoms. The van der Waals surface area contributed by atoms with E-state index in [0.29, 0.717) is 12.8 Å². The number of benzene rings is 1. The molecule has 8 heteroatoms. The number of sulfone groups is 1. The van der Waals surface area contributed by atoms with Crippen LogP contribution in [0.15, 0.2) is 18.2 Å². The Labute approximate surface area is 127 Å². The molecule has 0 radical (unpaired) electrons. The summed E-state index contributed by atoms with van der Waals surface area (Å²) < 4.78 is 36.7. The molecule has 1 saturated heterocycles. The highest BCUT2D eigenvalue weighted by Crippen LogP contribution is 2.20. The number of rotatable bonds is 3. The van der Waals surface area contributed by atoms with Gasteiger partial charge in [-0.15, -0.1) is 0 Å². The molecule has 0 unspecified atom stereocenters. The third kappa shape index (κ3) is 3.44. The highest BCUT2D eigenvalue weighted by molar-refractivity contribution is 7.91. The van der Waals surface area contributed by atoms with Gasteiger partial charge < -0.3 is 10.0 Å². The zero-order valence-corrected chi connectivity index (χ0v) is 12.8. The number of halogens is 1. The van der Waals surface area contributed by atoms with Gasteiger partial charge in [0.1, 0.15) is 15.7 Å². The van der Waals surface area contributed by atoms with Gasteiger partial charge in [0.2, 0.25) is 0 Å². The molecule has 1 heterocycles. The van der Waals surface area contributed by atoms with Crippen LogP contribution >= 0.6 is 0 Å². The molecule has 0 saturated carbocycles. The molecule has 1 fully saturated rings. The molecule has 1 amide bonds. The predicted molar refractivity (Wildman–Crippen MR) is 77.1 cm³/mol. The summed E-state index contributed by atoms with van der Waals surface area (Å²) in [5.74, 6) is -2.74. The molecule has 1 aliphatic rings. The van der Waals surface area contributed by atoms with Gasteiger partial charge in [0.25, 0.3) is 5.91 Å². The normalized spacial score (nSPS) is 17.9. The summed E-state index contributed by atoms with van der Waals surface area (Å²) in [6.07, 6.45) is 0.638. The average molecular weight is 329 g/mol. The van der Waals surface area contributed by atoms with E-state index in [2.05, 4.69) is 0 Å². The number of amides is 1. The maximum absolute atomic E-state index is 13.9. The molecule has 0 atom stereocenters. The van der Waals surface area contributed by atoms with Gasteiger partial charge in [-0.25, -0.2) is 17.6 Å². The number of nitrogens with zero attached hydrogens (tertiary/aromatic N) is 1. The van der Waals surface area contributed by atoms with Crippen molar-refractivity contribution in [3.63, 3.8) is 0 Å².